The summed E-state index contributed by atoms with van der Waals surface area (Å²) in [5.74, 6) is 3.16. The Hall–Kier alpha value is -3.78. The maximum Gasteiger partial charge on any atom is 0.275 e. The van der Waals surface area contributed by atoms with E-state index in [0.717, 1.165) is 16.3 Å². The number of hydrogen-bond acceptors (Lipinski definition) is 4. The first-order valence-corrected chi connectivity index (χ1v) is 8.29. The number of methoxy groups -OCH3 is 1. The number of rotatable bonds is 6. The Bertz CT molecular complexity index is 1040. The minimum Gasteiger partial charge on any atom is -0.496 e. The molecular weight excluding hydrogens is 340 g/mol. The van der Waals surface area contributed by atoms with Gasteiger partial charge in [0.1, 0.15) is 18.1 Å². The Morgan fingerprint density at radius 3 is 2.70 bits per heavy atom. The van der Waals surface area contributed by atoms with Crippen molar-refractivity contribution < 1.29 is 14.3 Å². The number of ether oxygens (including phenoxy) is 2. The lowest BCUT2D eigenvalue weighted by atomic mass is 10.0. The summed E-state index contributed by atoms with van der Waals surface area (Å²) in [6.45, 7) is 0.146. The van der Waals surface area contributed by atoms with Gasteiger partial charge in [-0.2, -0.15) is 5.10 Å². The van der Waals surface area contributed by atoms with Crippen molar-refractivity contribution in [1.82, 2.24) is 5.43 Å². The van der Waals surface area contributed by atoms with E-state index in [-0.39, 0.29) is 12.5 Å². The summed E-state index contributed by atoms with van der Waals surface area (Å²) in [5.41, 5.74) is 3.67. The number of para-hydroxylation sites is 1. The van der Waals surface area contributed by atoms with Crippen molar-refractivity contribution >= 4 is 22.9 Å². The SMILES string of the molecule is C#CCOc1ccc2ccccc2c1/C=N\NC(=O)c1ccccc1OC. The smallest absolute Gasteiger partial charge is 0.275 e. The van der Waals surface area contributed by atoms with E-state index in [4.69, 9.17) is 15.9 Å². The molecule has 5 nitrogen and oxygen atoms in total. The maximum absolute atomic E-state index is 12.4. The summed E-state index contributed by atoms with van der Waals surface area (Å²) in [6, 6.07) is 18.6. The number of nitrogens with one attached hydrogen (secondary N) is 1. The molecule has 0 saturated carbocycles. The quantitative estimate of drug-likeness (QED) is 0.416. The maximum atomic E-state index is 12.4. The van der Waals surface area contributed by atoms with Gasteiger partial charge < -0.3 is 9.47 Å². The van der Waals surface area contributed by atoms with Gasteiger partial charge in [-0.3, -0.25) is 4.79 Å². The molecule has 0 fully saturated rings. The third kappa shape index (κ3) is 4.07. The van der Waals surface area contributed by atoms with Crippen LogP contribution in [0.15, 0.2) is 65.8 Å². The molecule has 0 bridgehead atoms. The van der Waals surface area contributed by atoms with Crippen LogP contribution in [0, 0.1) is 12.3 Å². The van der Waals surface area contributed by atoms with Crippen molar-refractivity contribution in [3.8, 4) is 23.8 Å². The standard InChI is InChI=1S/C22H18N2O3/c1-3-14-27-21-13-12-16-8-4-5-9-17(16)19(21)15-23-24-22(25)18-10-6-7-11-20(18)26-2/h1,4-13,15H,14H2,2H3,(H,24,25)/b23-15-. The first-order valence-electron chi connectivity index (χ1n) is 8.29. The molecule has 0 saturated heterocycles. The van der Waals surface area contributed by atoms with Gasteiger partial charge in [-0.1, -0.05) is 48.4 Å². The predicted octanol–water partition coefficient (Wildman–Crippen LogP) is 3.62. The molecule has 0 heterocycles. The molecule has 0 aliphatic rings. The predicted molar refractivity (Wildman–Crippen MR) is 106 cm³/mol. The van der Waals surface area contributed by atoms with Crippen LogP contribution in [0.25, 0.3) is 10.8 Å². The van der Waals surface area contributed by atoms with Crippen molar-refractivity contribution in [3.63, 3.8) is 0 Å². The lowest BCUT2D eigenvalue weighted by Crippen LogP contribution is -2.18. The van der Waals surface area contributed by atoms with Crippen molar-refractivity contribution in [2.75, 3.05) is 13.7 Å². The van der Waals surface area contributed by atoms with E-state index in [1.165, 1.54) is 7.11 Å². The van der Waals surface area contributed by atoms with Crippen LogP contribution in [-0.4, -0.2) is 25.8 Å². The highest BCUT2D eigenvalue weighted by Crippen LogP contribution is 2.26. The minimum absolute atomic E-state index is 0.146. The summed E-state index contributed by atoms with van der Waals surface area (Å²) in [7, 11) is 1.51. The van der Waals surface area contributed by atoms with Gasteiger partial charge in [0.25, 0.3) is 5.91 Å². The summed E-state index contributed by atoms with van der Waals surface area (Å²) in [4.78, 5) is 12.4. The first kappa shape index (κ1) is 18.0. The van der Waals surface area contributed by atoms with E-state index >= 15 is 0 Å². The fraction of sp³-hybridized carbons (Fsp3) is 0.0909. The van der Waals surface area contributed by atoms with Crippen molar-refractivity contribution in [3.05, 3.63) is 71.8 Å². The Kier molecular flexibility index (Phi) is 5.70. The molecule has 3 aromatic carbocycles. The molecular formula is C22H18N2O3. The number of nitrogens with zero attached hydrogens (tertiary/aromatic N) is 1. The normalized spacial score (nSPS) is 10.5. The third-order valence-electron chi connectivity index (χ3n) is 3.95. The monoisotopic (exact) mass is 358 g/mol. The molecule has 1 amide bonds. The van der Waals surface area contributed by atoms with Crippen molar-refractivity contribution in [2.45, 2.75) is 0 Å². The molecule has 3 aromatic rings. The van der Waals surface area contributed by atoms with Crippen LogP contribution in [0.2, 0.25) is 0 Å². The van der Waals surface area contributed by atoms with Gasteiger partial charge in [0.2, 0.25) is 0 Å². The topological polar surface area (TPSA) is 59.9 Å². The number of carbonyl (C=O) groups excluding carboxylic acids is 1. The zero-order valence-corrected chi connectivity index (χ0v) is 14.8. The van der Waals surface area contributed by atoms with Gasteiger partial charge in [-0.25, -0.2) is 5.43 Å². The summed E-state index contributed by atoms with van der Waals surface area (Å²) in [6.07, 6.45) is 6.85. The van der Waals surface area contributed by atoms with E-state index in [0.29, 0.717) is 17.1 Å². The molecule has 0 aliphatic carbocycles. The van der Waals surface area contributed by atoms with E-state index in [1.54, 1.807) is 30.5 Å². The van der Waals surface area contributed by atoms with Gasteiger partial charge in [-0.15, -0.1) is 6.42 Å². The van der Waals surface area contributed by atoms with Crippen LogP contribution in [0.3, 0.4) is 0 Å². The second-order valence-electron chi connectivity index (χ2n) is 5.59. The Labute approximate surface area is 157 Å². The molecule has 5 heteroatoms. The number of benzene rings is 3. The second-order valence-corrected chi connectivity index (χ2v) is 5.59. The van der Waals surface area contributed by atoms with Gasteiger partial charge in [0, 0.05) is 5.56 Å². The molecule has 27 heavy (non-hydrogen) atoms. The van der Waals surface area contributed by atoms with Crippen LogP contribution < -0.4 is 14.9 Å². The van der Waals surface area contributed by atoms with Crippen LogP contribution >= 0.6 is 0 Å². The van der Waals surface area contributed by atoms with Crippen LogP contribution in [0.1, 0.15) is 15.9 Å². The van der Waals surface area contributed by atoms with Gasteiger partial charge in [0.15, 0.2) is 0 Å². The largest absolute Gasteiger partial charge is 0.496 e. The Morgan fingerprint density at radius 2 is 1.89 bits per heavy atom. The van der Waals surface area contributed by atoms with Crippen LogP contribution in [0.4, 0.5) is 0 Å². The zero-order valence-electron chi connectivity index (χ0n) is 14.8. The lowest BCUT2D eigenvalue weighted by Gasteiger charge is -2.10. The fourth-order valence-corrected chi connectivity index (χ4v) is 2.70. The number of hydrogen-bond donors (Lipinski definition) is 1. The van der Waals surface area contributed by atoms with Gasteiger partial charge >= 0.3 is 0 Å². The van der Waals surface area contributed by atoms with E-state index in [9.17, 15) is 4.79 Å². The molecule has 0 aromatic heterocycles. The number of amides is 1. The molecule has 0 spiro atoms. The molecule has 0 unspecified atom stereocenters. The highest BCUT2D eigenvalue weighted by Gasteiger charge is 2.11. The highest BCUT2D eigenvalue weighted by atomic mass is 16.5. The molecule has 134 valence electrons. The van der Waals surface area contributed by atoms with E-state index < -0.39 is 0 Å². The third-order valence-corrected chi connectivity index (χ3v) is 3.95. The lowest BCUT2D eigenvalue weighted by molar-refractivity contribution is 0.0952. The van der Waals surface area contributed by atoms with Crippen molar-refractivity contribution in [1.29, 1.82) is 0 Å². The van der Waals surface area contributed by atoms with Gasteiger partial charge in [0.05, 0.1) is 18.9 Å². The fourth-order valence-electron chi connectivity index (χ4n) is 2.70. The van der Waals surface area contributed by atoms with Crippen LogP contribution in [-0.2, 0) is 0 Å². The summed E-state index contributed by atoms with van der Waals surface area (Å²) in [5, 5.41) is 6.08. The molecule has 3 rings (SSSR count). The van der Waals surface area contributed by atoms with Gasteiger partial charge in [-0.05, 0) is 29.0 Å². The van der Waals surface area contributed by atoms with E-state index in [2.05, 4.69) is 16.4 Å². The van der Waals surface area contributed by atoms with E-state index in [1.807, 2.05) is 36.4 Å². The van der Waals surface area contributed by atoms with Crippen molar-refractivity contribution in [2.24, 2.45) is 5.10 Å². The molecule has 1 N–H and O–H groups in total. The number of hydrazone groups is 1. The summed E-state index contributed by atoms with van der Waals surface area (Å²) >= 11 is 0. The Balaban J connectivity index is 1.88. The molecule has 0 radical (unpaired) electrons. The molecule has 0 aliphatic heterocycles. The first-order chi connectivity index (χ1) is 13.2. The molecule has 0 atom stereocenters. The average molecular weight is 358 g/mol. The Morgan fingerprint density at radius 1 is 1.11 bits per heavy atom. The highest BCUT2D eigenvalue weighted by molar-refractivity contribution is 6.03. The average Bonchev–Trinajstić information content (AvgIpc) is 2.72. The summed E-state index contributed by atoms with van der Waals surface area (Å²) < 4.78 is 10.8. The number of fused-ring (bicyclic) bond motifs is 1. The zero-order chi connectivity index (χ0) is 19.1. The minimum atomic E-state index is -0.366. The number of terminal acetylenes is 1. The van der Waals surface area contributed by atoms with Crippen LogP contribution in [0.5, 0.6) is 11.5 Å². The number of carbonyl (C=O) groups is 1. The second kappa shape index (κ2) is 8.54.